The standard InChI is InChI=1S/C15H19NO4/c17-15(18)4-1-11-5-6-16(10-11)12-2-3-13-14(9-12)20-8-7-19-13/h2-3,9,11H,1,4-8,10H2,(H,17,18). The monoisotopic (exact) mass is 277 g/mol. The maximum atomic E-state index is 10.6. The van der Waals surface area contributed by atoms with Crippen LogP contribution in [0.3, 0.4) is 0 Å². The van der Waals surface area contributed by atoms with Gasteiger partial charge in [-0.1, -0.05) is 0 Å². The van der Waals surface area contributed by atoms with Crippen molar-refractivity contribution in [3.05, 3.63) is 18.2 Å². The fourth-order valence-corrected chi connectivity index (χ4v) is 2.86. The van der Waals surface area contributed by atoms with Crippen LogP contribution >= 0.6 is 0 Å². The molecule has 1 N–H and O–H groups in total. The number of hydrogen-bond donors (Lipinski definition) is 1. The predicted molar refractivity (Wildman–Crippen MR) is 74.6 cm³/mol. The van der Waals surface area contributed by atoms with Gasteiger partial charge in [0.15, 0.2) is 11.5 Å². The molecule has 108 valence electrons. The predicted octanol–water partition coefficient (Wildman–Crippen LogP) is 2.15. The first-order valence-electron chi connectivity index (χ1n) is 7.09. The topological polar surface area (TPSA) is 59.0 Å². The van der Waals surface area contributed by atoms with Crippen molar-refractivity contribution < 1.29 is 19.4 Å². The van der Waals surface area contributed by atoms with Gasteiger partial charge in [-0.15, -0.1) is 0 Å². The molecule has 0 saturated carbocycles. The number of hydrogen-bond acceptors (Lipinski definition) is 4. The van der Waals surface area contributed by atoms with Crippen molar-refractivity contribution in [2.45, 2.75) is 19.3 Å². The molecule has 0 aromatic heterocycles. The molecule has 1 saturated heterocycles. The molecule has 0 spiro atoms. The highest BCUT2D eigenvalue weighted by atomic mass is 16.6. The van der Waals surface area contributed by atoms with Crippen LogP contribution in [0.1, 0.15) is 19.3 Å². The molecule has 20 heavy (non-hydrogen) atoms. The first-order chi connectivity index (χ1) is 9.72. The number of anilines is 1. The summed E-state index contributed by atoms with van der Waals surface area (Å²) in [5, 5.41) is 8.75. The summed E-state index contributed by atoms with van der Waals surface area (Å²) in [5.41, 5.74) is 1.13. The Bertz CT molecular complexity index is 503. The van der Waals surface area contributed by atoms with Crippen molar-refractivity contribution in [2.75, 3.05) is 31.2 Å². The summed E-state index contributed by atoms with van der Waals surface area (Å²) in [5.74, 6) is 1.38. The molecular weight excluding hydrogens is 258 g/mol. The van der Waals surface area contributed by atoms with Gasteiger partial charge in [-0.2, -0.15) is 0 Å². The van der Waals surface area contributed by atoms with E-state index in [-0.39, 0.29) is 6.42 Å². The molecule has 1 atom stereocenters. The van der Waals surface area contributed by atoms with Crippen LogP contribution in [-0.2, 0) is 4.79 Å². The Morgan fingerprint density at radius 1 is 1.30 bits per heavy atom. The van der Waals surface area contributed by atoms with E-state index < -0.39 is 5.97 Å². The van der Waals surface area contributed by atoms with Crippen LogP contribution in [0.5, 0.6) is 11.5 Å². The number of ether oxygens (including phenoxy) is 2. The highest BCUT2D eigenvalue weighted by Gasteiger charge is 2.24. The third kappa shape index (κ3) is 2.81. The van der Waals surface area contributed by atoms with Gasteiger partial charge in [0.2, 0.25) is 0 Å². The zero-order chi connectivity index (χ0) is 13.9. The van der Waals surface area contributed by atoms with Crippen molar-refractivity contribution >= 4 is 11.7 Å². The van der Waals surface area contributed by atoms with Gasteiger partial charge in [0, 0.05) is 31.3 Å². The van der Waals surface area contributed by atoms with E-state index in [0.717, 1.165) is 43.1 Å². The lowest BCUT2D eigenvalue weighted by Crippen LogP contribution is -2.21. The molecule has 2 heterocycles. The molecule has 0 amide bonds. The molecule has 3 rings (SSSR count). The highest BCUT2D eigenvalue weighted by Crippen LogP contribution is 2.36. The molecule has 0 radical (unpaired) electrons. The van der Waals surface area contributed by atoms with E-state index in [2.05, 4.69) is 4.90 Å². The van der Waals surface area contributed by atoms with Crippen LogP contribution in [-0.4, -0.2) is 37.4 Å². The molecular formula is C15H19NO4. The van der Waals surface area contributed by atoms with Crippen molar-refractivity contribution in [1.29, 1.82) is 0 Å². The molecule has 1 aromatic rings. The lowest BCUT2D eigenvalue weighted by atomic mass is 10.0. The van der Waals surface area contributed by atoms with Crippen LogP contribution in [0.25, 0.3) is 0 Å². The van der Waals surface area contributed by atoms with Crippen LogP contribution in [0.15, 0.2) is 18.2 Å². The molecule has 5 nitrogen and oxygen atoms in total. The second kappa shape index (κ2) is 5.61. The molecule has 5 heteroatoms. The van der Waals surface area contributed by atoms with Gasteiger partial charge in [0.1, 0.15) is 13.2 Å². The van der Waals surface area contributed by atoms with Gasteiger partial charge in [0.25, 0.3) is 0 Å². The van der Waals surface area contributed by atoms with E-state index >= 15 is 0 Å². The van der Waals surface area contributed by atoms with E-state index in [1.54, 1.807) is 0 Å². The smallest absolute Gasteiger partial charge is 0.303 e. The average Bonchev–Trinajstić information content (AvgIpc) is 2.93. The summed E-state index contributed by atoms with van der Waals surface area (Å²) in [7, 11) is 0. The third-order valence-corrected chi connectivity index (χ3v) is 3.94. The van der Waals surface area contributed by atoms with E-state index in [9.17, 15) is 4.79 Å². The van der Waals surface area contributed by atoms with Crippen molar-refractivity contribution in [3.8, 4) is 11.5 Å². The maximum absolute atomic E-state index is 10.6. The molecule has 0 aliphatic carbocycles. The SMILES string of the molecule is O=C(O)CCC1CCN(c2ccc3c(c2)OCCO3)C1. The van der Waals surface area contributed by atoms with Crippen molar-refractivity contribution in [2.24, 2.45) is 5.92 Å². The number of aliphatic carboxylic acids is 1. The van der Waals surface area contributed by atoms with E-state index in [1.807, 2.05) is 18.2 Å². The van der Waals surface area contributed by atoms with E-state index in [4.69, 9.17) is 14.6 Å². The molecule has 0 bridgehead atoms. The van der Waals surface area contributed by atoms with Crippen molar-refractivity contribution in [1.82, 2.24) is 0 Å². The van der Waals surface area contributed by atoms with Gasteiger partial charge in [-0.3, -0.25) is 4.79 Å². The van der Waals surface area contributed by atoms with Crippen molar-refractivity contribution in [3.63, 3.8) is 0 Å². The van der Waals surface area contributed by atoms with Crippen LogP contribution in [0.2, 0.25) is 0 Å². The van der Waals surface area contributed by atoms with Gasteiger partial charge >= 0.3 is 5.97 Å². The number of carboxylic acid groups (broad SMARTS) is 1. The lowest BCUT2D eigenvalue weighted by Gasteiger charge is -2.23. The molecule has 1 fully saturated rings. The number of carbonyl (C=O) groups is 1. The Labute approximate surface area is 118 Å². The second-order valence-corrected chi connectivity index (χ2v) is 5.36. The van der Waals surface area contributed by atoms with E-state index in [0.29, 0.717) is 19.1 Å². The Hall–Kier alpha value is -1.91. The quantitative estimate of drug-likeness (QED) is 0.913. The summed E-state index contributed by atoms with van der Waals surface area (Å²) in [6, 6.07) is 6.02. The Morgan fingerprint density at radius 2 is 2.10 bits per heavy atom. The maximum Gasteiger partial charge on any atom is 0.303 e. The summed E-state index contributed by atoms with van der Waals surface area (Å²) in [6.07, 6.45) is 2.08. The van der Waals surface area contributed by atoms with Gasteiger partial charge < -0.3 is 19.5 Å². The fraction of sp³-hybridized carbons (Fsp3) is 0.533. The largest absolute Gasteiger partial charge is 0.486 e. The zero-order valence-corrected chi connectivity index (χ0v) is 11.4. The molecule has 1 aromatic carbocycles. The second-order valence-electron chi connectivity index (χ2n) is 5.36. The number of benzene rings is 1. The minimum atomic E-state index is -0.706. The number of nitrogens with zero attached hydrogens (tertiary/aromatic N) is 1. The summed E-state index contributed by atoms with van der Waals surface area (Å²) < 4.78 is 11.1. The zero-order valence-electron chi connectivity index (χ0n) is 11.4. The minimum Gasteiger partial charge on any atom is -0.486 e. The highest BCUT2D eigenvalue weighted by molar-refractivity contribution is 5.66. The van der Waals surface area contributed by atoms with Crippen LogP contribution < -0.4 is 14.4 Å². The van der Waals surface area contributed by atoms with Gasteiger partial charge in [-0.05, 0) is 30.9 Å². The third-order valence-electron chi connectivity index (χ3n) is 3.94. The summed E-state index contributed by atoms with van der Waals surface area (Å²) in [6.45, 7) is 3.10. The number of carboxylic acids is 1. The first-order valence-corrected chi connectivity index (χ1v) is 7.09. The first kappa shape index (κ1) is 13.1. The average molecular weight is 277 g/mol. The minimum absolute atomic E-state index is 0.264. The Kier molecular flexibility index (Phi) is 3.67. The van der Waals surface area contributed by atoms with Gasteiger partial charge in [-0.25, -0.2) is 0 Å². The number of fused-ring (bicyclic) bond motifs is 1. The van der Waals surface area contributed by atoms with Crippen LogP contribution in [0, 0.1) is 5.92 Å². The normalized spacial score (nSPS) is 21.0. The molecule has 2 aliphatic heterocycles. The fourth-order valence-electron chi connectivity index (χ4n) is 2.86. The van der Waals surface area contributed by atoms with Crippen LogP contribution in [0.4, 0.5) is 5.69 Å². The van der Waals surface area contributed by atoms with Gasteiger partial charge in [0.05, 0.1) is 0 Å². The lowest BCUT2D eigenvalue weighted by molar-refractivity contribution is -0.137. The van der Waals surface area contributed by atoms with E-state index in [1.165, 1.54) is 0 Å². The summed E-state index contributed by atoms with van der Waals surface area (Å²) >= 11 is 0. The molecule has 1 unspecified atom stereocenters. The molecule has 2 aliphatic rings. The Morgan fingerprint density at radius 3 is 2.90 bits per heavy atom. The Balaban J connectivity index is 1.64. The number of rotatable bonds is 4. The summed E-state index contributed by atoms with van der Waals surface area (Å²) in [4.78, 5) is 12.9.